The van der Waals surface area contributed by atoms with Crippen molar-refractivity contribution in [1.29, 1.82) is 0 Å². The molecule has 1 aromatic carbocycles. The smallest absolute Gasteiger partial charge is 0.174 e. The maximum atomic E-state index is 12.4. The molecule has 0 aliphatic rings. The third-order valence-electron chi connectivity index (χ3n) is 3.63. The summed E-state index contributed by atoms with van der Waals surface area (Å²) < 4.78 is 18.0. The topological polar surface area (TPSA) is 65.6 Å². The Morgan fingerprint density at radius 3 is 2.56 bits per heavy atom. The van der Waals surface area contributed by atoms with Gasteiger partial charge in [0.1, 0.15) is 21.1 Å². The van der Waals surface area contributed by atoms with Gasteiger partial charge in [0.2, 0.25) is 0 Å². The minimum absolute atomic E-state index is 0.430. The lowest BCUT2D eigenvalue weighted by Gasteiger charge is -2.19. The van der Waals surface area contributed by atoms with Crippen molar-refractivity contribution in [3.05, 3.63) is 53.3 Å². The van der Waals surface area contributed by atoms with Crippen LogP contribution in [0.2, 0.25) is 5.02 Å². The highest BCUT2D eigenvalue weighted by Gasteiger charge is 2.27. The van der Waals surface area contributed by atoms with Gasteiger partial charge in [0, 0.05) is 17.3 Å². The lowest BCUT2D eigenvalue weighted by molar-refractivity contribution is 0.561. The van der Waals surface area contributed by atoms with E-state index in [1.54, 1.807) is 10.7 Å². The van der Waals surface area contributed by atoms with Gasteiger partial charge < -0.3 is 4.55 Å². The Kier molecular flexibility index (Phi) is 4.86. The summed E-state index contributed by atoms with van der Waals surface area (Å²) in [6, 6.07) is 9.79. The summed E-state index contributed by atoms with van der Waals surface area (Å²) in [5, 5.41) is 4.70. The average molecular weight is 375 g/mol. The van der Waals surface area contributed by atoms with Crippen LogP contribution in [0.15, 0.2) is 47.1 Å². The normalized spacial score (nSPS) is 14.1. The maximum absolute atomic E-state index is 12.4. The first-order valence-corrected chi connectivity index (χ1v) is 9.33. The van der Waals surface area contributed by atoms with E-state index in [0.717, 1.165) is 16.8 Å². The minimum atomic E-state index is -1.36. The van der Waals surface area contributed by atoms with Crippen LogP contribution in [0.4, 0.5) is 0 Å². The Hall–Kier alpha value is -1.89. The molecule has 0 aliphatic heterocycles. The number of hydrogen-bond acceptors (Lipinski definition) is 4. The molecule has 0 radical (unpaired) electrons. The van der Waals surface area contributed by atoms with Crippen LogP contribution >= 0.6 is 11.6 Å². The number of rotatable bonds is 3. The van der Waals surface area contributed by atoms with Crippen LogP contribution in [-0.2, 0) is 11.4 Å². The molecule has 3 rings (SSSR count). The van der Waals surface area contributed by atoms with E-state index in [0.29, 0.717) is 16.4 Å². The molecule has 5 nitrogen and oxygen atoms in total. The highest BCUT2D eigenvalue weighted by molar-refractivity contribution is 7.91. The molecule has 1 atom stereocenters. The largest absolute Gasteiger partial charge is 0.591 e. The zero-order valence-electron chi connectivity index (χ0n) is 14.5. The van der Waals surface area contributed by atoms with Gasteiger partial charge in [-0.3, -0.25) is 0 Å². The molecule has 0 fully saturated rings. The summed E-state index contributed by atoms with van der Waals surface area (Å²) in [5.41, 5.74) is 3.68. The number of aromatic nitrogens is 3. The van der Waals surface area contributed by atoms with Crippen molar-refractivity contribution in [2.24, 2.45) is 4.40 Å². The summed E-state index contributed by atoms with van der Waals surface area (Å²) in [4.78, 5) is 4.68. The second-order valence-corrected chi connectivity index (χ2v) is 8.98. The van der Waals surface area contributed by atoms with Crippen molar-refractivity contribution in [1.82, 2.24) is 14.6 Å². The minimum Gasteiger partial charge on any atom is -0.591 e. The number of hydrogen-bond donors (Lipinski definition) is 0. The highest BCUT2D eigenvalue weighted by atomic mass is 35.5. The summed E-state index contributed by atoms with van der Waals surface area (Å²) in [7, 11) is 0. The molecule has 7 heteroatoms. The zero-order chi connectivity index (χ0) is 18.2. The van der Waals surface area contributed by atoms with Crippen LogP contribution in [0.3, 0.4) is 0 Å². The van der Waals surface area contributed by atoms with Crippen molar-refractivity contribution < 1.29 is 4.55 Å². The van der Waals surface area contributed by atoms with E-state index < -0.39 is 16.1 Å². The number of benzene rings is 1. The number of halogens is 1. The first kappa shape index (κ1) is 17.9. The summed E-state index contributed by atoms with van der Waals surface area (Å²) in [6.45, 7) is 7.52. The van der Waals surface area contributed by atoms with Crippen molar-refractivity contribution in [3.63, 3.8) is 0 Å². The Morgan fingerprint density at radius 2 is 1.92 bits per heavy atom. The highest BCUT2D eigenvalue weighted by Crippen LogP contribution is 2.26. The van der Waals surface area contributed by atoms with E-state index >= 15 is 0 Å². The van der Waals surface area contributed by atoms with Crippen LogP contribution in [0.25, 0.3) is 16.9 Å². The Labute approximate surface area is 155 Å². The molecule has 2 aromatic heterocycles. The lowest BCUT2D eigenvalue weighted by atomic mass is 10.0. The van der Waals surface area contributed by atoms with Gasteiger partial charge in [0.05, 0.1) is 17.6 Å². The molecule has 0 saturated heterocycles. The fourth-order valence-corrected chi connectivity index (χ4v) is 3.07. The first-order valence-electron chi connectivity index (χ1n) is 7.84. The molecule has 0 aliphatic carbocycles. The van der Waals surface area contributed by atoms with Gasteiger partial charge in [-0.2, -0.15) is 5.10 Å². The molecule has 1 unspecified atom stereocenters. The van der Waals surface area contributed by atoms with Gasteiger partial charge in [-0.05, 0) is 27.7 Å². The molecule has 0 N–H and O–H groups in total. The Balaban J connectivity index is 2.21. The molecule has 0 bridgehead atoms. The Morgan fingerprint density at radius 1 is 1.24 bits per heavy atom. The van der Waals surface area contributed by atoms with Crippen LogP contribution < -0.4 is 0 Å². The molecule has 0 spiro atoms. The Bertz CT molecular complexity index is 931. The first-order chi connectivity index (χ1) is 11.8. The second kappa shape index (κ2) is 6.78. The average Bonchev–Trinajstić information content (AvgIpc) is 2.94. The van der Waals surface area contributed by atoms with E-state index in [9.17, 15) is 4.55 Å². The van der Waals surface area contributed by atoms with Crippen LogP contribution in [0, 0.1) is 0 Å². The standard InChI is InChI=1S/C18H19ClN4OS/c1-12(22-25(24)18(2,3)4)14-11-23-17(15(19)10-20-23)21-16(14)13-8-6-5-7-9-13/h5-11H,1-4H3. The molecule has 0 saturated carbocycles. The fraction of sp³-hybridized carbons (Fsp3) is 0.278. The van der Waals surface area contributed by atoms with Crippen LogP contribution in [0.1, 0.15) is 33.3 Å². The predicted octanol–water partition coefficient (Wildman–Crippen LogP) is 4.32. The van der Waals surface area contributed by atoms with Crippen LogP contribution in [0.5, 0.6) is 0 Å². The molecule has 2 heterocycles. The van der Waals surface area contributed by atoms with E-state index in [-0.39, 0.29) is 0 Å². The van der Waals surface area contributed by atoms with Gasteiger partial charge in [0.15, 0.2) is 5.65 Å². The lowest BCUT2D eigenvalue weighted by Crippen LogP contribution is -2.26. The van der Waals surface area contributed by atoms with Crippen molar-refractivity contribution in [2.45, 2.75) is 32.4 Å². The third-order valence-corrected chi connectivity index (χ3v) is 5.39. The van der Waals surface area contributed by atoms with Gasteiger partial charge in [-0.25, -0.2) is 9.50 Å². The number of fused-ring (bicyclic) bond motifs is 1. The summed E-state index contributed by atoms with van der Waals surface area (Å²) in [5.74, 6) is 0. The monoisotopic (exact) mass is 374 g/mol. The van der Waals surface area contributed by atoms with Gasteiger partial charge in [-0.15, -0.1) is 0 Å². The van der Waals surface area contributed by atoms with E-state index in [1.807, 2.05) is 64.2 Å². The maximum Gasteiger partial charge on any atom is 0.174 e. The van der Waals surface area contributed by atoms with Gasteiger partial charge in [0.25, 0.3) is 0 Å². The van der Waals surface area contributed by atoms with Crippen molar-refractivity contribution in [3.8, 4) is 11.3 Å². The summed E-state index contributed by atoms with van der Waals surface area (Å²) >= 11 is 4.83. The summed E-state index contributed by atoms with van der Waals surface area (Å²) in [6.07, 6.45) is 3.39. The van der Waals surface area contributed by atoms with Gasteiger partial charge >= 0.3 is 0 Å². The SMILES string of the molecule is CC(=N[S+]([O-])C(C)(C)C)c1cn2ncc(Cl)c2nc1-c1ccccc1. The van der Waals surface area contributed by atoms with E-state index in [1.165, 1.54) is 0 Å². The fourth-order valence-electron chi connectivity index (χ4n) is 2.27. The van der Waals surface area contributed by atoms with Crippen molar-refractivity contribution >= 4 is 34.3 Å². The molecular formula is C18H19ClN4OS. The third kappa shape index (κ3) is 3.71. The molecule has 3 aromatic rings. The van der Waals surface area contributed by atoms with E-state index in [4.69, 9.17) is 11.6 Å². The molecule has 0 amide bonds. The quantitative estimate of drug-likeness (QED) is 0.506. The predicted molar refractivity (Wildman–Crippen MR) is 104 cm³/mol. The molecule has 25 heavy (non-hydrogen) atoms. The van der Waals surface area contributed by atoms with Gasteiger partial charge in [-0.1, -0.05) is 46.3 Å². The van der Waals surface area contributed by atoms with Crippen LogP contribution in [-0.4, -0.2) is 29.6 Å². The molecular weight excluding hydrogens is 356 g/mol. The number of nitrogens with zero attached hydrogens (tertiary/aromatic N) is 4. The van der Waals surface area contributed by atoms with Crippen molar-refractivity contribution in [2.75, 3.05) is 0 Å². The second-order valence-electron chi connectivity index (χ2n) is 6.67. The molecule has 130 valence electrons. The zero-order valence-corrected chi connectivity index (χ0v) is 16.1. The van der Waals surface area contributed by atoms with E-state index in [2.05, 4.69) is 14.5 Å².